The minimum atomic E-state index is -0.198. The van der Waals surface area contributed by atoms with Gasteiger partial charge in [0.25, 0.3) is 0 Å². The Morgan fingerprint density at radius 2 is 1.81 bits per heavy atom. The van der Waals surface area contributed by atoms with Crippen molar-refractivity contribution >= 4 is 5.91 Å². The van der Waals surface area contributed by atoms with E-state index in [-0.39, 0.29) is 23.2 Å². The van der Waals surface area contributed by atoms with E-state index in [1.807, 2.05) is 32.9 Å². The maximum atomic E-state index is 12.9. The second-order valence-electron chi connectivity index (χ2n) is 6.92. The van der Waals surface area contributed by atoms with Crippen molar-refractivity contribution in [2.24, 2.45) is 5.92 Å². The molecular formula is C17H25FN2O. The standard InChI is InChI=1S/C17H25FN2O/c1-17(2,3)19-16(21)14-8-10-20(11-9-14)12-13-4-6-15(18)7-5-13/h4-7,14H,8-12H2,1-3H3,(H,19,21). The first-order valence-electron chi connectivity index (χ1n) is 7.62. The number of carbonyl (C=O) groups excluding carboxylic acids is 1. The Hall–Kier alpha value is -1.42. The number of halogens is 1. The molecule has 1 N–H and O–H groups in total. The first kappa shape index (κ1) is 16.0. The lowest BCUT2D eigenvalue weighted by Crippen LogP contribution is -2.46. The molecule has 21 heavy (non-hydrogen) atoms. The van der Waals surface area contributed by atoms with E-state index >= 15 is 0 Å². The van der Waals surface area contributed by atoms with Crippen LogP contribution in [0.4, 0.5) is 4.39 Å². The number of likely N-dealkylation sites (tertiary alicyclic amines) is 1. The molecule has 0 aromatic heterocycles. The maximum Gasteiger partial charge on any atom is 0.223 e. The van der Waals surface area contributed by atoms with Crippen molar-refractivity contribution in [1.29, 1.82) is 0 Å². The lowest BCUT2D eigenvalue weighted by Gasteiger charge is -2.33. The lowest BCUT2D eigenvalue weighted by atomic mass is 9.94. The van der Waals surface area contributed by atoms with Crippen molar-refractivity contribution in [2.75, 3.05) is 13.1 Å². The smallest absolute Gasteiger partial charge is 0.223 e. The molecule has 3 nitrogen and oxygen atoms in total. The van der Waals surface area contributed by atoms with Crippen LogP contribution >= 0.6 is 0 Å². The summed E-state index contributed by atoms with van der Waals surface area (Å²) in [7, 11) is 0. The first-order valence-corrected chi connectivity index (χ1v) is 7.62. The minimum absolute atomic E-state index is 0.119. The van der Waals surface area contributed by atoms with Crippen molar-refractivity contribution in [3.63, 3.8) is 0 Å². The molecule has 0 radical (unpaired) electrons. The van der Waals surface area contributed by atoms with Gasteiger partial charge in [-0.1, -0.05) is 12.1 Å². The van der Waals surface area contributed by atoms with E-state index < -0.39 is 0 Å². The molecule has 0 atom stereocenters. The molecule has 1 heterocycles. The highest BCUT2D eigenvalue weighted by Crippen LogP contribution is 2.20. The van der Waals surface area contributed by atoms with E-state index in [1.165, 1.54) is 12.1 Å². The van der Waals surface area contributed by atoms with Crippen LogP contribution in [-0.4, -0.2) is 29.4 Å². The predicted molar refractivity (Wildman–Crippen MR) is 82.3 cm³/mol. The molecule has 0 bridgehead atoms. The Labute approximate surface area is 126 Å². The van der Waals surface area contributed by atoms with Gasteiger partial charge in [-0.2, -0.15) is 0 Å². The van der Waals surface area contributed by atoms with E-state index in [0.717, 1.165) is 38.0 Å². The van der Waals surface area contributed by atoms with Gasteiger partial charge in [-0.15, -0.1) is 0 Å². The van der Waals surface area contributed by atoms with Gasteiger partial charge >= 0.3 is 0 Å². The van der Waals surface area contributed by atoms with Gasteiger partial charge in [0.05, 0.1) is 0 Å². The zero-order valence-electron chi connectivity index (χ0n) is 13.2. The molecule has 1 saturated heterocycles. The molecule has 1 aromatic rings. The summed E-state index contributed by atoms with van der Waals surface area (Å²) < 4.78 is 12.9. The molecule has 0 unspecified atom stereocenters. The maximum absolute atomic E-state index is 12.9. The summed E-state index contributed by atoms with van der Waals surface area (Å²) >= 11 is 0. The second-order valence-corrected chi connectivity index (χ2v) is 6.92. The quantitative estimate of drug-likeness (QED) is 0.929. The molecule has 1 amide bonds. The number of nitrogens with one attached hydrogen (secondary N) is 1. The van der Waals surface area contributed by atoms with Crippen molar-refractivity contribution in [3.8, 4) is 0 Å². The van der Waals surface area contributed by atoms with Gasteiger partial charge in [-0.3, -0.25) is 9.69 Å². The number of benzene rings is 1. The Morgan fingerprint density at radius 1 is 1.24 bits per heavy atom. The molecule has 2 rings (SSSR count). The monoisotopic (exact) mass is 292 g/mol. The number of piperidine rings is 1. The molecule has 4 heteroatoms. The van der Waals surface area contributed by atoms with E-state index in [0.29, 0.717) is 0 Å². The van der Waals surface area contributed by atoms with Crippen molar-refractivity contribution < 1.29 is 9.18 Å². The topological polar surface area (TPSA) is 32.3 Å². The number of carbonyl (C=O) groups is 1. The van der Waals surface area contributed by atoms with Crippen LogP contribution < -0.4 is 5.32 Å². The average molecular weight is 292 g/mol. The largest absolute Gasteiger partial charge is 0.351 e. The molecule has 1 aliphatic heterocycles. The number of nitrogens with zero attached hydrogens (tertiary/aromatic N) is 1. The molecule has 0 aliphatic carbocycles. The molecule has 1 fully saturated rings. The fourth-order valence-electron chi connectivity index (χ4n) is 2.67. The summed E-state index contributed by atoms with van der Waals surface area (Å²) in [5.41, 5.74) is 0.955. The van der Waals surface area contributed by atoms with Crippen molar-refractivity contribution in [3.05, 3.63) is 35.6 Å². The summed E-state index contributed by atoms with van der Waals surface area (Å²) in [6.07, 6.45) is 1.78. The average Bonchev–Trinajstić information content (AvgIpc) is 2.40. The van der Waals surface area contributed by atoms with E-state index in [9.17, 15) is 9.18 Å². The summed E-state index contributed by atoms with van der Waals surface area (Å²) in [6, 6.07) is 6.65. The number of hydrogen-bond donors (Lipinski definition) is 1. The second kappa shape index (κ2) is 6.56. The van der Waals surface area contributed by atoms with Gasteiger partial charge < -0.3 is 5.32 Å². The molecule has 0 spiro atoms. The number of amides is 1. The Morgan fingerprint density at radius 3 is 2.33 bits per heavy atom. The van der Waals surface area contributed by atoms with Gasteiger partial charge in [0.15, 0.2) is 0 Å². The van der Waals surface area contributed by atoms with Crippen LogP contribution in [0.1, 0.15) is 39.2 Å². The van der Waals surface area contributed by atoms with Crippen LogP contribution in [0, 0.1) is 11.7 Å². The molecule has 0 saturated carbocycles. The van der Waals surface area contributed by atoms with Crippen LogP contribution in [0.3, 0.4) is 0 Å². The summed E-state index contributed by atoms with van der Waals surface area (Å²) in [4.78, 5) is 14.5. The minimum Gasteiger partial charge on any atom is -0.351 e. The van der Waals surface area contributed by atoms with Gasteiger partial charge in [-0.05, 0) is 64.4 Å². The van der Waals surface area contributed by atoms with Crippen LogP contribution in [0.25, 0.3) is 0 Å². The van der Waals surface area contributed by atoms with E-state index in [4.69, 9.17) is 0 Å². The van der Waals surface area contributed by atoms with Gasteiger partial charge in [0, 0.05) is 18.0 Å². The molecule has 1 aromatic carbocycles. The Bertz CT molecular complexity index is 471. The summed E-state index contributed by atoms with van der Waals surface area (Å²) in [6.45, 7) is 8.69. The van der Waals surface area contributed by atoms with Gasteiger partial charge in [-0.25, -0.2) is 4.39 Å². The Balaban J connectivity index is 1.80. The third-order valence-electron chi connectivity index (χ3n) is 3.78. The normalized spacial score (nSPS) is 17.7. The van der Waals surface area contributed by atoms with Crippen molar-refractivity contribution in [1.82, 2.24) is 10.2 Å². The van der Waals surface area contributed by atoms with Crippen LogP contribution in [0.5, 0.6) is 0 Å². The zero-order valence-corrected chi connectivity index (χ0v) is 13.2. The predicted octanol–water partition coefficient (Wildman–Crippen LogP) is 2.95. The van der Waals surface area contributed by atoms with Gasteiger partial charge in [0.2, 0.25) is 5.91 Å². The highest BCUT2D eigenvalue weighted by atomic mass is 19.1. The highest BCUT2D eigenvalue weighted by molar-refractivity contribution is 5.79. The highest BCUT2D eigenvalue weighted by Gasteiger charge is 2.27. The van der Waals surface area contributed by atoms with Gasteiger partial charge in [0.1, 0.15) is 5.82 Å². The van der Waals surface area contributed by atoms with E-state index in [2.05, 4.69) is 10.2 Å². The molecular weight excluding hydrogens is 267 g/mol. The van der Waals surface area contributed by atoms with Crippen molar-refractivity contribution in [2.45, 2.75) is 45.7 Å². The summed E-state index contributed by atoms with van der Waals surface area (Å²) in [5, 5.41) is 3.06. The molecule has 1 aliphatic rings. The summed E-state index contributed by atoms with van der Waals surface area (Å²) in [5.74, 6) is 0.0916. The van der Waals surface area contributed by atoms with E-state index in [1.54, 1.807) is 0 Å². The Kier molecular flexibility index (Phi) is 4.99. The van der Waals surface area contributed by atoms with Crippen LogP contribution in [0.2, 0.25) is 0 Å². The van der Waals surface area contributed by atoms with Crippen LogP contribution in [-0.2, 0) is 11.3 Å². The lowest BCUT2D eigenvalue weighted by molar-refractivity contribution is -0.127. The zero-order chi connectivity index (χ0) is 15.5. The third kappa shape index (κ3) is 5.12. The fraction of sp³-hybridized carbons (Fsp3) is 0.588. The fourth-order valence-corrected chi connectivity index (χ4v) is 2.67. The molecule has 116 valence electrons. The van der Waals surface area contributed by atoms with Crippen LogP contribution in [0.15, 0.2) is 24.3 Å². The third-order valence-corrected chi connectivity index (χ3v) is 3.78. The SMILES string of the molecule is CC(C)(C)NC(=O)C1CCN(Cc2ccc(F)cc2)CC1. The first-order chi connectivity index (χ1) is 9.83. The number of rotatable bonds is 3. The number of hydrogen-bond acceptors (Lipinski definition) is 2.